The van der Waals surface area contributed by atoms with Crippen LogP contribution in [-0.4, -0.2) is 32.4 Å². The molecule has 0 aliphatic carbocycles. The molecule has 1 aromatic rings. The van der Waals surface area contributed by atoms with Crippen molar-refractivity contribution in [1.29, 1.82) is 0 Å². The van der Waals surface area contributed by atoms with E-state index in [1.165, 1.54) is 12.1 Å². The van der Waals surface area contributed by atoms with Gasteiger partial charge in [-0.1, -0.05) is 6.08 Å². The Kier molecular flexibility index (Phi) is 6.21. The summed E-state index contributed by atoms with van der Waals surface area (Å²) in [4.78, 5) is 4.46. The highest BCUT2D eigenvalue weighted by atomic mass is 19.1. The summed E-state index contributed by atoms with van der Waals surface area (Å²) in [7, 11) is 0. The van der Waals surface area contributed by atoms with E-state index in [0.717, 1.165) is 29.4 Å². The number of aliphatic imine (C=N–C) groups is 1. The Morgan fingerprint density at radius 3 is 3.09 bits per heavy atom. The first kappa shape index (κ1) is 16.3. The van der Waals surface area contributed by atoms with Crippen molar-refractivity contribution in [1.82, 2.24) is 10.6 Å². The van der Waals surface area contributed by atoms with Crippen molar-refractivity contribution in [2.75, 3.05) is 26.4 Å². The van der Waals surface area contributed by atoms with Gasteiger partial charge in [0.1, 0.15) is 11.6 Å². The molecule has 0 radical (unpaired) electrons. The van der Waals surface area contributed by atoms with E-state index in [2.05, 4.69) is 22.2 Å². The van der Waals surface area contributed by atoms with Gasteiger partial charge in [0.05, 0.1) is 6.61 Å². The third-order valence-corrected chi connectivity index (χ3v) is 3.16. The first-order chi connectivity index (χ1) is 10.7. The summed E-state index contributed by atoms with van der Waals surface area (Å²) in [6.45, 7) is 8.21. The van der Waals surface area contributed by atoms with Crippen LogP contribution in [-0.2, 0) is 17.8 Å². The standard InChI is InChI=1S/C16H22FN3O2/c1-3-6-19-16(18-4-2)20-7-5-12-8-14(17)9-13-10-21-11-22-15(12)13/h3,8-9H,1,4-7,10-11H2,2H3,(H2,18,19,20). The summed E-state index contributed by atoms with van der Waals surface area (Å²) in [6.07, 6.45) is 2.37. The summed E-state index contributed by atoms with van der Waals surface area (Å²) in [5, 5.41) is 6.27. The fourth-order valence-electron chi connectivity index (χ4n) is 2.24. The van der Waals surface area contributed by atoms with Gasteiger partial charge in [0.15, 0.2) is 12.8 Å². The summed E-state index contributed by atoms with van der Waals surface area (Å²) < 4.78 is 24.3. The Bertz CT molecular complexity index is 546. The van der Waals surface area contributed by atoms with E-state index in [1.54, 1.807) is 6.08 Å². The molecule has 1 heterocycles. The van der Waals surface area contributed by atoms with Gasteiger partial charge < -0.3 is 20.1 Å². The maximum Gasteiger partial charge on any atom is 0.191 e. The molecule has 0 fully saturated rings. The second-order valence-electron chi connectivity index (χ2n) is 4.84. The van der Waals surface area contributed by atoms with Crippen LogP contribution in [0.15, 0.2) is 29.8 Å². The van der Waals surface area contributed by atoms with Crippen LogP contribution < -0.4 is 15.4 Å². The molecular formula is C16H22FN3O2. The van der Waals surface area contributed by atoms with Crippen LogP contribution >= 0.6 is 0 Å². The minimum Gasteiger partial charge on any atom is -0.467 e. The maximum atomic E-state index is 13.6. The molecule has 0 atom stereocenters. The lowest BCUT2D eigenvalue weighted by molar-refractivity contribution is -0.0172. The number of guanidine groups is 1. The zero-order chi connectivity index (χ0) is 15.8. The Balaban J connectivity index is 2.04. The van der Waals surface area contributed by atoms with Gasteiger partial charge in [-0.2, -0.15) is 0 Å². The molecule has 5 nitrogen and oxygen atoms in total. The van der Waals surface area contributed by atoms with Crippen molar-refractivity contribution in [2.24, 2.45) is 4.99 Å². The van der Waals surface area contributed by atoms with Crippen LogP contribution in [0.25, 0.3) is 0 Å². The van der Waals surface area contributed by atoms with Gasteiger partial charge in [-0.05, 0) is 31.0 Å². The van der Waals surface area contributed by atoms with Crippen molar-refractivity contribution in [3.63, 3.8) is 0 Å². The van der Waals surface area contributed by atoms with Crippen LogP contribution in [0.1, 0.15) is 18.1 Å². The molecule has 22 heavy (non-hydrogen) atoms. The Hall–Kier alpha value is -2.08. The first-order valence-electron chi connectivity index (χ1n) is 7.39. The molecule has 1 aliphatic heterocycles. The van der Waals surface area contributed by atoms with E-state index in [4.69, 9.17) is 9.47 Å². The summed E-state index contributed by atoms with van der Waals surface area (Å²) in [5.41, 5.74) is 1.57. The van der Waals surface area contributed by atoms with E-state index in [1.807, 2.05) is 6.92 Å². The van der Waals surface area contributed by atoms with E-state index in [0.29, 0.717) is 26.1 Å². The van der Waals surface area contributed by atoms with Crippen molar-refractivity contribution < 1.29 is 13.9 Å². The quantitative estimate of drug-likeness (QED) is 0.479. The number of ether oxygens (including phenoxy) is 2. The van der Waals surface area contributed by atoms with E-state index in [9.17, 15) is 4.39 Å². The number of nitrogens with zero attached hydrogens (tertiary/aromatic N) is 1. The Morgan fingerprint density at radius 2 is 2.32 bits per heavy atom. The van der Waals surface area contributed by atoms with Gasteiger partial charge in [-0.3, -0.25) is 4.99 Å². The van der Waals surface area contributed by atoms with E-state index < -0.39 is 0 Å². The highest BCUT2D eigenvalue weighted by molar-refractivity contribution is 5.79. The predicted octanol–water partition coefficient (Wildman–Crippen LogP) is 1.98. The summed E-state index contributed by atoms with van der Waals surface area (Å²) in [6, 6.07) is 2.96. The maximum absolute atomic E-state index is 13.6. The molecule has 0 saturated carbocycles. The lowest BCUT2D eigenvalue weighted by Crippen LogP contribution is -2.37. The van der Waals surface area contributed by atoms with Gasteiger partial charge in [-0.25, -0.2) is 4.39 Å². The van der Waals surface area contributed by atoms with Gasteiger partial charge >= 0.3 is 0 Å². The normalized spacial score (nSPS) is 14.0. The monoisotopic (exact) mass is 307 g/mol. The molecule has 0 aromatic heterocycles. The molecule has 120 valence electrons. The zero-order valence-corrected chi connectivity index (χ0v) is 12.8. The van der Waals surface area contributed by atoms with Gasteiger partial charge in [0, 0.05) is 25.2 Å². The molecule has 2 rings (SSSR count). The second-order valence-corrected chi connectivity index (χ2v) is 4.84. The molecule has 0 bridgehead atoms. The molecule has 0 saturated heterocycles. The zero-order valence-electron chi connectivity index (χ0n) is 12.8. The first-order valence-corrected chi connectivity index (χ1v) is 7.39. The van der Waals surface area contributed by atoms with E-state index in [-0.39, 0.29) is 12.6 Å². The highest BCUT2D eigenvalue weighted by Crippen LogP contribution is 2.29. The fraction of sp³-hybridized carbons (Fsp3) is 0.438. The summed E-state index contributed by atoms with van der Waals surface area (Å²) >= 11 is 0. The van der Waals surface area contributed by atoms with Crippen molar-refractivity contribution in [3.05, 3.63) is 41.7 Å². The fourth-order valence-corrected chi connectivity index (χ4v) is 2.24. The van der Waals surface area contributed by atoms with Crippen molar-refractivity contribution in [2.45, 2.75) is 20.0 Å². The van der Waals surface area contributed by atoms with Gasteiger partial charge in [0.25, 0.3) is 0 Å². The summed E-state index contributed by atoms with van der Waals surface area (Å²) in [5.74, 6) is 1.17. The van der Waals surface area contributed by atoms with Crippen LogP contribution in [0.4, 0.5) is 4.39 Å². The van der Waals surface area contributed by atoms with Crippen LogP contribution in [0.5, 0.6) is 5.75 Å². The number of hydrogen-bond donors (Lipinski definition) is 2. The number of benzene rings is 1. The minimum absolute atomic E-state index is 0.207. The minimum atomic E-state index is -0.275. The Labute approximate surface area is 130 Å². The van der Waals surface area contributed by atoms with Crippen LogP contribution in [0, 0.1) is 5.82 Å². The average molecular weight is 307 g/mol. The molecule has 6 heteroatoms. The smallest absolute Gasteiger partial charge is 0.191 e. The molecule has 0 spiro atoms. The third-order valence-electron chi connectivity index (χ3n) is 3.16. The van der Waals surface area contributed by atoms with Crippen molar-refractivity contribution in [3.8, 4) is 5.75 Å². The molecule has 0 amide bonds. The predicted molar refractivity (Wildman–Crippen MR) is 84.6 cm³/mol. The Morgan fingerprint density at radius 1 is 1.45 bits per heavy atom. The number of rotatable bonds is 6. The number of hydrogen-bond acceptors (Lipinski definition) is 3. The number of halogens is 1. The van der Waals surface area contributed by atoms with Crippen LogP contribution in [0.3, 0.4) is 0 Å². The molecule has 1 aromatic carbocycles. The lowest BCUT2D eigenvalue weighted by Gasteiger charge is -2.20. The number of nitrogens with one attached hydrogen (secondary N) is 2. The third kappa shape index (κ3) is 4.46. The molecule has 2 N–H and O–H groups in total. The lowest BCUT2D eigenvalue weighted by atomic mass is 10.1. The molecular weight excluding hydrogens is 285 g/mol. The van der Waals surface area contributed by atoms with Gasteiger partial charge in [-0.15, -0.1) is 6.58 Å². The van der Waals surface area contributed by atoms with E-state index >= 15 is 0 Å². The average Bonchev–Trinajstić information content (AvgIpc) is 2.52. The molecule has 0 unspecified atom stereocenters. The van der Waals surface area contributed by atoms with Crippen LogP contribution in [0.2, 0.25) is 0 Å². The largest absolute Gasteiger partial charge is 0.467 e. The molecule has 1 aliphatic rings. The number of fused-ring (bicyclic) bond motifs is 1. The second kappa shape index (κ2) is 8.38. The van der Waals surface area contributed by atoms with Gasteiger partial charge in [0.2, 0.25) is 0 Å². The van der Waals surface area contributed by atoms with Crippen molar-refractivity contribution >= 4 is 5.96 Å². The topological polar surface area (TPSA) is 54.9 Å². The SMILES string of the molecule is C=CCNC(=NCCc1cc(F)cc2c1OCOC2)NCC. The highest BCUT2D eigenvalue weighted by Gasteiger charge is 2.16.